The third kappa shape index (κ3) is 2.06. The van der Waals surface area contributed by atoms with E-state index in [-0.39, 0.29) is 0 Å². The Morgan fingerprint density at radius 1 is 1.64 bits per heavy atom. The van der Waals surface area contributed by atoms with E-state index in [1.807, 2.05) is 6.07 Å². The van der Waals surface area contributed by atoms with Crippen LogP contribution in [-0.4, -0.2) is 10.1 Å². The maximum atomic E-state index is 9.32. The minimum Gasteiger partial charge on any atom is -0.386 e. The van der Waals surface area contributed by atoms with E-state index >= 15 is 0 Å². The van der Waals surface area contributed by atoms with Gasteiger partial charge in [0.2, 0.25) is 0 Å². The lowest BCUT2D eigenvalue weighted by molar-refractivity contribution is 0.179. The summed E-state index contributed by atoms with van der Waals surface area (Å²) in [7, 11) is 0. The van der Waals surface area contributed by atoms with Gasteiger partial charge in [-0.3, -0.25) is 4.98 Å². The highest BCUT2D eigenvalue weighted by Gasteiger charge is 2.04. The second kappa shape index (κ2) is 3.75. The maximum absolute atomic E-state index is 9.32. The molecule has 1 aromatic heterocycles. The molecule has 0 saturated heterocycles. The van der Waals surface area contributed by atoms with Crippen LogP contribution in [-0.2, 0) is 0 Å². The van der Waals surface area contributed by atoms with Crippen LogP contribution < -0.4 is 0 Å². The van der Waals surface area contributed by atoms with E-state index in [0.29, 0.717) is 12.1 Å². The Labute approximate surface area is 65.9 Å². The smallest absolute Gasteiger partial charge is 0.107 e. The normalized spacial score (nSPS) is 12.0. The van der Waals surface area contributed by atoms with E-state index in [4.69, 9.17) is 6.42 Å². The fourth-order valence-corrected chi connectivity index (χ4v) is 0.789. The van der Waals surface area contributed by atoms with Gasteiger partial charge < -0.3 is 5.11 Å². The van der Waals surface area contributed by atoms with Gasteiger partial charge in [-0.05, 0) is 12.1 Å². The number of pyridine rings is 1. The molecule has 0 saturated carbocycles. The van der Waals surface area contributed by atoms with Gasteiger partial charge in [0.05, 0.1) is 5.69 Å². The summed E-state index contributed by atoms with van der Waals surface area (Å²) in [5, 5.41) is 9.32. The highest BCUT2D eigenvalue weighted by molar-refractivity contribution is 5.08. The van der Waals surface area contributed by atoms with Gasteiger partial charge in [-0.2, -0.15) is 0 Å². The van der Waals surface area contributed by atoms with Crippen LogP contribution in [0.5, 0.6) is 0 Å². The molecule has 1 atom stereocenters. The summed E-state index contributed by atoms with van der Waals surface area (Å²) in [6.07, 6.45) is 6.36. The van der Waals surface area contributed by atoms with Crippen molar-refractivity contribution in [2.75, 3.05) is 0 Å². The molecule has 1 rings (SSSR count). The standard InChI is InChI=1S/C9H9NO/c1-2-5-9(11)8-6-3-4-7-10-8/h1,3-4,6-7,9,11H,5H2. The number of aliphatic hydroxyl groups excluding tert-OH is 1. The molecule has 0 aliphatic rings. The van der Waals surface area contributed by atoms with Crippen LogP contribution >= 0.6 is 0 Å². The molecular formula is C9H9NO. The zero-order chi connectivity index (χ0) is 8.10. The molecule has 0 amide bonds. The minimum atomic E-state index is -0.624. The number of hydrogen-bond donors (Lipinski definition) is 1. The minimum absolute atomic E-state index is 0.316. The summed E-state index contributed by atoms with van der Waals surface area (Å²) in [4.78, 5) is 3.95. The first kappa shape index (κ1) is 7.77. The summed E-state index contributed by atoms with van der Waals surface area (Å²) in [6.45, 7) is 0. The molecule has 0 aromatic carbocycles. The summed E-state index contributed by atoms with van der Waals surface area (Å²) in [5.74, 6) is 2.38. The Hall–Kier alpha value is -1.33. The van der Waals surface area contributed by atoms with Crippen molar-refractivity contribution in [3.8, 4) is 12.3 Å². The van der Waals surface area contributed by atoms with Gasteiger partial charge in [0.1, 0.15) is 6.10 Å². The fourth-order valence-electron chi connectivity index (χ4n) is 0.789. The molecule has 2 heteroatoms. The highest BCUT2D eigenvalue weighted by atomic mass is 16.3. The van der Waals surface area contributed by atoms with Gasteiger partial charge in [0.25, 0.3) is 0 Å². The van der Waals surface area contributed by atoms with Crippen LogP contribution in [0.25, 0.3) is 0 Å². The van der Waals surface area contributed by atoms with Crippen molar-refractivity contribution in [3.05, 3.63) is 30.1 Å². The van der Waals surface area contributed by atoms with E-state index in [2.05, 4.69) is 10.9 Å². The topological polar surface area (TPSA) is 33.1 Å². The predicted molar refractivity (Wildman–Crippen MR) is 42.6 cm³/mol. The number of hydrogen-bond acceptors (Lipinski definition) is 2. The Morgan fingerprint density at radius 3 is 3.00 bits per heavy atom. The molecule has 0 fully saturated rings. The van der Waals surface area contributed by atoms with Crippen molar-refractivity contribution in [3.63, 3.8) is 0 Å². The molecule has 0 radical (unpaired) electrons. The second-order valence-corrected chi connectivity index (χ2v) is 2.18. The van der Waals surface area contributed by atoms with Crippen LogP contribution in [0.15, 0.2) is 24.4 Å². The summed E-state index contributed by atoms with van der Waals surface area (Å²) in [5.41, 5.74) is 0.630. The van der Waals surface area contributed by atoms with E-state index in [1.165, 1.54) is 0 Å². The van der Waals surface area contributed by atoms with Crippen molar-refractivity contribution >= 4 is 0 Å². The molecule has 1 aromatic rings. The molecule has 56 valence electrons. The Bertz CT molecular complexity index is 250. The quantitative estimate of drug-likeness (QED) is 0.636. The molecule has 1 N–H and O–H groups in total. The molecule has 1 heterocycles. The van der Waals surface area contributed by atoms with Crippen LogP contribution in [0.1, 0.15) is 18.2 Å². The van der Waals surface area contributed by atoms with E-state index < -0.39 is 6.10 Å². The van der Waals surface area contributed by atoms with Gasteiger partial charge in [-0.15, -0.1) is 12.3 Å². The van der Waals surface area contributed by atoms with E-state index in [1.54, 1.807) is 18.3 Å². The van der Waals surface area contributed by atoms with E-state index in [0.717, 1.165) is 0 Å². The predicted octanol–water partition coefficient (Wildman–Crippen LogP) is 1.14. The number of aromatic nitrogens is 1. The second-order valence-electron chi connectivity index (χ2n) is 2.18. The molecular weight excluding hydrogens is 138 g/mol. The maximum Gasteiger partial charge on any atom is 0.107 e. The van der Waals surface area contributed by atoms with Crippen molar-refractivity contribution in [1.82, 2.24) is 4.98 Å². The van der Waals surface area contributed by atoms with Gasteiger partial charge in [-0.25, -0.2) is 0 Å². The van der Waals surface area contributed by atoms with Crippen molar-refractivity contribution in [2.45, 2.75) is 12.5 Å². The summed E-state index contributed by atoms with van der Waals surface area (Å²) in [6, 6.07) is 5.37. The zero-order valence-corrected chi connectivity index (χ0v) is 6.07. The Morgan fingerprint density at radius 2 is 2.45 bits per heavy atom. The molecule has 0 spiro atoms. The average Bonchev–Trinajstić information content (AvgIpc) is 2.07. The number of nitrogens with zero attached hydrogens (tertiary/aromatic N) is 1. The van der Waals surface area contributed by atoms with Crippen LogP contribution in [0.4, 0.5) is 0 Å². The van der Waals surface area contributed by atoms with Crippen LogP contribution in [0.2, 0.25) is 0 Å². The third-order valence-electron chi connectivity index (χ3n) is 1.34. The van der Waals surface area contributed by atoms with E-state index in [9.17, 15) is 5.11 Å². The van der Waals surface area contributed by atoms with Gasteiger partial charge in [0.15, 0.2) is 0 Å². The number of rotatable bonds is 2. The SMILES string of the molecule is C#CCC(O)c1ccccn1. The summed E-state index contributed by atoms with van der Waals surface area (Å²) < 4.78 is 0. The Kier molecular flexibility index (Phi) is 2.65. The third-order valence-corrected chi connectivity index (χ3v) is 1.34. The fraction of sp³-hybridized carbons (Fsp3) is 0.222. The average molecular weight is 147 g/mol. The number of aliphatic hydroxyl groups is 1. The van der Waals surface area contributed by atoms with Crippen molar-refractivity contribution < 1.29 is 5.11 Å². The largest absolute Gasteiger partial charge is 0.386 e. The zero-order valence-electron chi connectivity index (χ0n) is 6.07. The van der Waals surface area contributed by atoms with Crippen LogP contribution in [0.3, 0.4) is 0 Å². The first-order valence-electron chi connectivity index (χ1n) is 3.37. The van der Waals surface area contributed by atoms with Crippen LogP contribution in [0, 0.1) is 12.3 Å². The molecule has 0 bridgehead atoms. The van der Waals surface area contributed by atoms with Gasteiger partial charge in [-0.1, -0.05) is 6.07 Å². The molecule has 0 aliphatic heterocycles. The van der Waals surface area contributed by atoms with Crippen molar-refractivity contribution in [2.24, 2.45) is 0 Å². The lowest BCUT2D eigenvalue weighted by Crippen LogP contribution is -1.97. The molecule has 2 nitrogen and oxygen atoms in total. The van der Waals surface area contributed by atoms with Crippen molar-refractivity contribution in [1.29, 1.82) is 0 Å². The first-order valence-corrected chi connectivity index (χ1v) is 3.37. The first-order chi connectivity index (χ1) is 5.34. The molecule has 11 heavy (non-hydrogen) atoms. The summed E-state index contributed by atoms with van der Waals surface area (Å²) >= 11 is 0. The van der Waals surface area contributed by atoms with Gasteiger partial charge in [0, 0.05) is 12.6 Å². The highest BCUT2D eigenvalue weighted by Crippen LogP contribution is 2.11. The monoisotopic (exact) mass is 147 g/mol. The molecule has 1 unspecified atom stereocenters. The Balaban J connectivity index is 2.70. The molecule has 0 aliphatic carbocycles. The lowest BCUT2D eigenvalue weighted by Gasteiger charge is -2.03. The van der Waals surface area contributed by atoms with Gasteiger partial charge >= 0.3 is 0 Å². The number of terminal acetylenes is 1. The lowest BCUT2D eigenvalue weighted by atomic mass is 10.2.